The van der Waals surface area contributed by atoms with Crippen molar-refractivity contribution in [2.75, 3.05) is 18.9 Å². The summed E-state index contributed by atoms with van der Waals surface area (Å²) in [6.45, 7) is 1.07. The van der Waals surface area contributed by atoms with Gasteiger partial charge in [0.1, 0.15) is 4.88 Å². The standard InChI is InChI=1S/C15H19N3O2S/c16-13-11-5-6-17-9-12(11)21-14(13)15(19)18-7-8-20-10-3-1-2-4-10/h5-6,9-10H,1-4,7-8,16H2,(H,18,19). The van der Waals surface area contributed by atoms with E-state index in [9.17, 15) is 4.79 Å². The van der Waals surface area contributed by atoms with Crippen molar-refractivity contribution in [3.8, 4) is 0 Å². The molecular formula is C15H19N3O2S. The van der Waals surface area contributed by atoms with E-state index in [4.69, 9.17) is 10.5 Å². The molecule has 2 aromatic heterocycles. The number of nitrogen functional groups attached to an aromatic ring is 1. The van der Waals surface area contributed by atoms with Crippen LogP contribution in [0, 0.1) is 0 Å². The zero-order chi connectivity index (χ0) is 14.7. The number of amides is 1. The number of nitrogens with zero attached hydrogens (tertiary/aromatic N) is 1. The van der Waals surface area contributed by atoms with E-state index in [-0.39, 0.29) is 5.91 Å². The predicted octanol–water partition coefficient (Wildman–Crippen LogP) is 2.57. The van der Waals surface area contributed by atoms with Crippen LogP contribution in [0.5, 0.6) is 0 Å². The molecule has 0 aliphatic heterocycles. The monoisotopic (exact) mass is 305 g/mol. The first-order valence-corrected chi connectivity index (χ1v) is 8.09. The van der Waals surface area contributed by atoms with Crippen LogP contribution < -0.4 is 11.1 Å². The van der Waals surface area contributed by atoms with Gasteiger partial charge in [0.2, 0.25) is 0 Å². The number of aromatic nitrogens is 1. The van der Waals surface area contributed by atoms with Crippen LogP contribution in [-0.2, 0) is 4.74 Å². The average Bonchev–Trinajstić information content (AvgIpc) is 3.12. The van der Waals surface area contributed by atoms with Crippen LogP contribution >= 0.6 is 11.3 Å². The SMILES string of the molecule is Nc1c(C(=O)NCCOC2CCCC2)sc2cnccc12. The summed E-state index contributed by atoms with van der Waals surface area (Å²) >= 11 is 1.37. The Labute approximate surface area is 127 Å². The number of carbonyl (C=O) groups is 1. The second kappa shape index (κ2) is 6.41. The van der Waals surface area contributed by atoms with Gasteiger partial charge in [-0.05, 0) is 18.9 Å². The Bertz CT molecular complexity index is 635. The zero-order valence-electron chi connectivity index (χ0n) is 11.8. The molecule has 21 heavy (non-hydrogen) atoms. The fourth-order valence-electron chi connectivity index (χ4n) is 2.67. The van der Waals surface area contributed by atoms with Crippen molar-refractivity contribution >= 4 is 33.0 Å². The Kier molecular flexibility index (Phi) is 4.36. The molecule has 0 unspecified atom stereocenters. The molecule has 1 saturated carbocycles. The van der Waals surface area contributed by atoms with Crippen molar-refractivity contribution in [3.05, 3.63) is 23.3 Å². The molecule has 1 aliphatic carbocycles. The minimum atomic E-state index is -0.135. The van der Waals surface area contributed by atoms with Crippen LogP contribution in [0.1, 0.15) is 35.4 Å². The van der Waals surface area contributed by atoms with Gasteiger partial charge in [-0.1, -0.05) is 12.8 Å². The van der Waals surface area contributed by atoms with Crippen LogP contribution in [0.2, 0.25) is 0 Å². The van der Waals surface area contributed by atoms with E-state index in [2.05, 4.69) is 10.3 Å². The highest BCUT2D eigenvalue weighted by Crippen LogP contribution is 2.32. The topological polar surface area (TPSA) is 77.2 Å². The molecule has 3 rings (SSSR count). The minimum absolute atomic E-state index is 0.135. The second-order valence-electron chi connectivity index (χ2n) is 5.25. The van der Waals surface area contributed by atoms with Crippen molar-refractivity contribution in [3.63, 3.8) is 0 Å². The highest BCUT2D eigenvalue weighted by atomic mass is 32.1. The highest BCUT2D eigenvalue weighted by molar-refractivity contribution is 7.21. The molecule has 5 nitrogen and oxygen atoms in total. The molecule has 0 atom stereocenters. The van der Waals surface area contributed by atoms with E-state index < -0.39 is 0 Å². The maximum absolute atomic E-state index is 12.2. The summed E-state index contributed by atoms with van der Waals surface area (Å²) in [7, 11) is 0. The normalized spacial score (nSPS) is 15.6. The number of hydrogen-bond acceptors (Lipinski definition) is 5. The van der Waals surface area contributed by atoms with Gasteiger partial charge in [-0.25, -0.2) is 0 Å². The number of nitrogens with one attached hydrogen (secondary N) is 1. The summed E-state index contributed by atoms with van der Waals surface area (Å²) < 4.78 is 6.66. The number of rotatable bonds is 5. The Morgan fingerprint density at radius 3 is 3.05 bits per heavy atom. The summed E-state index contributed by atoms with van der Waals surface area (Å²) in [4.78, 5) is 16.8. The van der Waals surface area contributed by atoms with Gasteiger partial charge in [0.05, 0.1) is 23.1 Å². The molecule has 1 amide bonds. The Hall–Kier alpha value is -1.66. The number of anilines is 1. The van der Waals surface area contributed by atoms with Crippen LogP contribution in [0.25, 0.3) is 10.1 Å². The van der Waals surface area contributed by atoms with Gasteiger partial charge >= 0.3 is 0 Å². The third kappa shape index (κ3) is 3.16. The lowest BCUT2D eigenvalue weighted by molar-refractivity contribution is 0.0582. The summed E-state index contributed by atoms with van der Waals surface area (Å²) in [5.74, 6) is -0.135. The van der Waals surface area contributed by atoms with Crippen molar-refractivity contribution < 1.29 is 9.53 Å². The maximum atomic E-state index is 12.2. The third-order valence-corrected chi connectivity index (χ3v) is 4.94. The number of thiophene rings is 1. The van der Waals surface area contributed by atoms with Gasteiger partial charge in [-0.3, -0.25) is 9.78 Å². The predicted molar refractivity (Wildman–Crippen MR) is 84.6 cm³/mol. The molecule has 2 aromatic rings. The van der Waals surface area contributed by atoms with Gasteiger partial charge in [0.15, 0.2) is 0 Å². The lowest BCUT2D eigenvalue weighted by atomic mass is 10.2. The minimum Gasteiger partial charge on any atom is -0.397 e. The number of fused-ring (bicyclic) bond motifs is 1. The van der Waals surface area contributed by atoms with E-state index in [0.717, 1.165) is 22.9 Å². The maximum Gasteiger partial charge on any atom is 0.263 e. The van der Waals surface area contributed by atoms with Gasteiger partial charge in [-0.15, -0.1) is 11.3 Å². The van der Waals surface area contributed by atoms with Crippen molar-refractivity contribution in [1.82, 2.24) is 10.3 Å². The average molecular weight is 305 g/mol. The Morgan fingerprint density at radius 2 is 2.29 bits per heavy atom. The molecule has 112 valence electrons. The summed E-state index contributed by atoms with van der Waals surface area (Å²) in [6, 6.07) is 1.83. The van der Waals surface area contributed by atoms with Gasteiger partial charge in [0.25, 0.3) is 5.91 Å². The van der Waals surface area contributed by atoms with Crippen LogP contribution in [-0.4, -0.2) is 30.1 Å². The van der Waals surface area contributed by atoms with E-state index in [1.54, 1.807) is 12.4 Å². The first-order valence-electron chi connectivity index (χ1n) is 7.27. The van der Waals surface area contributed by atoms with Crippen LogP contribution in [0.4, 0.5) is 5.69 Å². The molecule has 0 radical (unpaired) electrons. The van der Waals surface area contributed by atoms with Gasteiger partial charge < -0.3 is 15.8 Å². The number of hydrogen-bond donors (Lipinski definition) is 2. The van der Waals surface area contributed by atoms with Crippen molar-refractivity contribution in [1.29, 1.82) is 0 Å². The molecule has 0 bridgehead atoms. The van der Waals surface area contributed by atoms with Crippen molar-refractivity contribution in [2.45, 2.75) is 31.8 Å². The zero-order valence-corrected chi connectivity index (χ0v) is 12.6. The lowest BCUT2D eigenvalue weighted by Gasteiger charge is -2.11. The fourth-order valence-corrected chi connectivity index (χ4v) is 3.67. The van der Waals surface area contributed by atoms with Crippen molar-refractivity contribution in [2.24, 2.45) is 0 Å². The van der Waals surface area contributed by atoms with E-state index in [1.165, 1.54) is 24.2 Å². The Balaban J connectivity index is 1.55. The molecule has 0 aromatic carbocycles. The van der Waals surface area contributed by atoms with E-state index in [0.29, 0.717) is 29.8 Å². The van der Waals surface area contributed by atoms with Crippen LogP contribution in [0.3, 0.4) is 0 Å². The number of nitrogens with two attached hydrogens (primary N) is 1. The van der Waals surface area contributed by atoms with Crippen LogP contribution in [0.15, 0.2) is 18.5 Å². The largest absolute Gasteiger partial charge is 0.397 e. The lowest BCUT2D eigenvalue weighted by Crippen LogP contribution is -2.28. The molecule has 1 aliphatic rings. The number of pyridine rings is 1. The van der Waals surface area contributed by atoms with Gasteiger partial charge in [0, 0.05) is 24.3 Å². The smallest absolute Gasteiger partial charge is 0.263 e. The molecular weight excluding hydrogens is 286 g/mol. The molecule has 2 heterocycles. The summed E-state index contributed by atoms with van der Waals surface area (Å²) in [5.41, 5.74) is 6.57. The number of ether oxygens (including phenoxy) is 1. The first-order chi connectivity index (χ1) is 10.3. The first kappa shape index (κ1) is 14.3. The van der Waals surface area contributed by atoms with Gasteiger partial charge in [-0.2, -0.15) is 0 Å². The van der Waals surface area contributed by atoms with E-state index in [1.807, 2.05) is 6.07 Å². The molecule has 3 N–H and O–H groups in total. The second-order valence-corrected chi connectivity index (χ2v) is 6.30. The molecule has 6 heteroatoms. The summed E-state index contributed by atoms with van der Waals surface area (Å²) in [5, 5.41) is 3.76. The molecule has 0 saturated heterocycles. The Morgan fingerprint density at radius 1 is 1.48 bits per heavy atom. The third-order valence-electron chi connectivity index (χ3n) is 3.78. The quantitative estimate of drug-likeness (QED) is 0.832. The van der Waals surface area contributed by atoms with E-state index >= 15 is 0 Å². The molecule has 0 spiro atoms. The summed E-state index contributed by atoms with van der Waals surface area (Å²) in [6.07, 6.45) is 8.59. The highest BCUT2D eigenvalue weighted by Gasteiger charge is 2.17. The molecule has 1 fully saturated rings. The number of carbonyl (C=O) groups excluding carboxylic acids is 1. The fraction of sp³-hybridized carbons (Fsp3) is 0.467.